The van der Waals surface area contributed by atoms with Gasteiger partial charge in [-0.15, -0.1) is 0 Å². The molecule has 4 aromatic carbocycles. The van der Waals surface area contributed by atoms with Crippen LogP contribution in [0.1, 0.15) is 16.1 Å². The molecule has 0 unspecified atom stereocenters. The van der Waals surface area contributed by atoms with Gasteiger partial charge in [0.15, 0.2) is 0 Å². The zero-order valence-corrected chi connectivity index (χ0v) is 17.7. The minimum Gasteiger partial charge on any atom is -0.507 e. The number of fused-ring (bicyclic) bond motifs is 2. The Morgan fingerprint density at radius 2 is 1.70 bits per heavy atom. The summed E-state index contributed by atoms with van der Waals surface area (Å²) >= 11 is 0. The lowest BCUT2D eigenvalue weighted by Crippen LogP contribution is -2.18. The first-order valence-corrected chi connectivity index (χ1v) is 10.3. The molecule has 0 fully saturated rings. The molecule has 162 valence electrons. The Labute approximate surface area is 189 Å². The van der Waals surface area contributed by atoms with Crippen molar-refractivity contribution in [3.05, 3.63) is 90.1 Å². The summed E-state index contributed by atoms with van der Waals surface area (Å²) in [7, 11) is 1.60. The average molecular weight is 436 g/mol. The van der Waals surface area contributed by atoms with Gasteiger partial charge in [0.1, 0.15) is 17.2 Å². The van der Waals surface area contributed by atoms with Crippen molar-refractivity contribution in [3.8, 4) is 22.8 Å². The van der Waals surface area contributed by atoms with Gasteiger partial charge in [-0.1, -0.05) is 60.7 Å². The highest BCUT2D eigenvalue weighted by atomic mass is 16.5. The van der Waals surface area contributed by atoms with E-state index in [0.717, 1.165) is 27.1 Å². The molecule has 0 spiro atoms. The molecule has 7 heteroatoms. The van der Waals surface area contributed by atoms with Crippen LogP contribution >= 0.6 is 0 Å². The van der Waals surface area contributed by atoms with Crippen LogP contribution in [0.5, 0.6) is 11.5 Å². The number of hydrogen-bond donors (Lipinski definition) is 3. The molecular weight excluding hydrogens is 416 g/mol. The van der Waals surface area contributed by atoms with Crippen molar-refractivity contribution in [2.24, 2.45) is 5.10 Å². The number of carbonyl (C=O) groups is 1. The number of carbonyl (C=O) groups excluding carboxylic acids is 1. The highest BCUT2D eigenvalue weighted by Gasteiger charge is 2.16. The van der Waals surface area contributed by atoms with Crippen molar-refractivity contribution < 1.29 is 14.6 Å². The second kappa shape index (κ2) is 8.47. The normalized spacial score (nSPS) is 11.3. The molecule has 3 N–H and O–H groups in total. The van der Waals surface area contributed by atoms with Crippen LogP contribution in [-0.2, 0) is 0 Å². The fourth-order valence-corrected chi connectivity index (χ4v) is 3.89. The third-order valence-electron chi connectivity index (χ3n) is 5.50. The van der Waals surface area contributed by atoms with Gasteiger partial charge < -0.3 is 9.84 Å². The number of H-pyrrole nitrogens is 1. The largest absolute Gasteiger partial charge is 0.507 e. The number of ether oxygens (including phenoxy) is 1. The summed E-state index contributed by atoms with van der Waals surface area (Å²) in [5, 5.41) is 25.2. The molecule has 1 aromatic heterocycles. The monoisotopic (exact) mass is 436 g/mol. The Hall–Kier alpha value is -4.65. The smallest absolute Gasteiger partial charge is 0.289 e. The molecule has 0 radical (unpaired) electrons. The number of nitrogens with zero attached hydrogens (tertiary/aromatic N) is 2. The molecule has 5 rings (SSSR count). The maximum atomic E-state index is 12.7. The number of phenolic OH excluding ortho intramolecular Hbond substituents is 1. The van der Waals surface area contributed by atoms with Gasteiger partial charge in [0, 0.05) is 5.56 Å². The zero-order valence-electron chi connectivity index (χ0n) is 17.7. The van der Waals surface area contributed by atoms with E-state index in [1.165, 1.54) is 6.21 Å². The van der Waals surface area contributed by atoms with Crippen molar-refractivity contribution in [3.63, 3.8) is 0 Å². The van der Waals surface area contributed by atoms with E-state index in [4.69, 9.17) is 4.74 Å². The number of aromatic amines is 1. The number of hydrazone groups is 1. The van der Waals surface area contributed by atoms with Crippen LogP contribution in [0.4, 0.5) is 0 Å². The number of nitrogens with one attached hydrogen (secondary N) is 2. The molecule has 1 heterocycles. The molecule has 0 saturated heterocycles. The summed E-state index contributed by atoms with van der Waals surface area (Å²) in [6.07, 6.45) is 1.43. The van der Waals surface area contributed by atoms with Crippen LogP contribution in [0.3, 0.4) is 0 Å². The predicted molar refractivity (Wildman–Crippen MR) is 129 cm³/mol. The second-order valence-electron chi connectivity index (χ2n) is 7.45. The van der Waals surface area contributed by atoms with Crippen LogP contribution in [0.15, 0.2) is 84.0 Å². The molecule has 33 heavy (non-hydrogen) atoms. The van der Waals surface area contributed by atoms with E-state index in [-0.39, 0.29) is 11.4 Å². The first-order valence-electron chi connectivity index (χ1n) is 10.3. The van der Waals surface area contributed by atoms with Gasteiger partial charge in [-0.25, -0.2) is 5.43 Å². The molecule has 7 nitrogen and oxygen atoms in total. The van der Waals surface area contributed by atoms with Crippen molar-refractivity contribution in [2.45, 2.75) is 0 Å². The number of aromatic nitrogens is 2. The van der Waals surface area contributed by atoms with Gasteiger partial charge >= 0.3 is 0 Å². The summed E-state index contributed by atoms with van der Waals surface area (Å²) in [5.41, 5.74) is 4.65. The molecule has 0 aliphatic rings. The number of rotatable bonds is 5. The highest BCUT2D eigenvalue weighted by Crippen LogP contribution is 2.36. The minimum atomic E-state index is -0.455. The molecule has 0 atom stereocenters. The number of hydrogen-bond acceptors (Lipinski definition) is 5. The topological polar surface area (TPSA) is 99.6 Å². The number of amides is 1. The van der Waals surface area contributed by atoms with Crippen molar-refractivity contribution in [1.29, 1.82) is 0 Å². The van der Waals surface area contributed by atoms with Crippen LogP contribution in [-0.4, -0.2) is 34.5 Å². The van der Waals surface area contributed by atoms with E-state index >= 15 is 0 Å². The van der Waals surface area contributed by atoms with E-state index in [1.54, 1.807) is 19.2 Å². The third kappa shape index (κ3) is 3.76. The summed E-state index contributed by atoms with van der Waals surface area (Å²) in [5.74, 6) is 0.291. The van der Waals surface area contributed by atoms with E-state index < -0.39 is 5.91 Å². The Bertz CT molecular complexity index is 1520. The van der Waals surface area contributed by atoms with Crippen LogP contribution < -0.4 is 10.2 Å². The van der Waals surface area contributed by atoms with E-state index in [0.29, 0.717) is 17.0 Å². The standard InChI is InChI=1S/C26H20N4O3/c1-33-24-13-11-17-7-3-5-9-19(17)25(24)21-14-22(29-28-21)26(32)30-27-15-20-18-8-4-2-6-16(18)10-12-23(20)31/h2-15,31H,1H3,(H,28,29)(H,30,32)/b27-15-. The second-order valence-corrected chi connectivity index (χ2v) is 7.45. The summed E-state index contributed by atoms with van der Waals surface area (Å²) in [6, 6.07) is 24.5. The summed E-state index contributed by atoms with van der Waals surface area (Å²) in [6.45, 7) is 0. The molecule has 0 bridgehead atoms. The first-order chi connectivity index (χ1) is 16.2. The van der Waals surface area contributed by atoms with Gasteiger partial charge in [0.05, 0.1) is 24.6 Å². The first kappa shape index (κ1) is 20.3. The number of methoxy groups -OCH3 is 1. The van der Waals surface area contributed by atoms with E-state index in [2.05, 4.69) is 20.7 Å². The lowest BCUT2D eigenvalue weighted by atomic mass is 10.0. The van der Waals surface area contributed by atoms with Gasteiger partial charge in [0.25, 0.3) is 5.91 Å². The van der Waals surface area contributed by atoms with E-state index in [9.17, 15) is 9.90 Å². The van der Waals surface area contributed by atoms with Gasteiger partial charge in [-0.2, -0.15) is 10.2 Å². The zero-order chi connectivity index (χ0) is 22.8. The highest BCUT2D eigenvalue weighted by molar-refractivity contribution is 6.03. The molecule has 5 aromatic rings. The maximum Gasteiger partial charge on any atom is 0.289 e. The lowest BCUT2D eigenvalue weighted by molar-refractivity contribution is 0.0950. The quantitative estimate of drug-likeness (QED) is 0.271. The molecule has 1 amide bonds. The Balaban J connectivity index is 1.42. The Morgan fingerprint density at radius 1 is 1.00 bits per heavy atom. The molecule has 0 aliphatic carbocycles. The SMILES string of the molecule is COc1ccc2ccccc2c1-c1cc(C(=O)N/N=C\c2c(O)ccc3ccccc23)[nH]n1. The van der Waals surface area contributed by atoms with Crippen LogP contribution in [0, 0.1) is 0 Å². The van der Waals surface area contributed by atoms with Gasteiger partial charge in [-0.05, 0) is 39.7 Å². The van der Waals surface area contributed by atoms with Crippen molar-refractivity contribution in [2.75, 3.05) is 7.11 Å². The minimum absolute atomic E-state index is 0.0820. The fraction of sp³-hybridized carbons (Fsp3) is 0.0385. The molecular formula is C26H20N4O3. The number of aromatic hydroxyl groups is 1. The number of benzene rings is 4. The predicted octanol–water partition coefficient (Wildman–Crippen LogP) is 4.86. The third-order valence-corrected chi connectivity index (χ3v) is 5.50. The maximum absolute atomic E-state index is 12.7. The number of phenols is 1. The Kier molecular flexibility index (Phi) is 5.20. The lowest BCUT2D eigenvalue weighted by Gasteiger charge is -2.09. The van der Waals surface area contributed by atoms with E-state index in [1.807, 2.05) is 66.7 Å². The Morgan fingerprint density at radius 3 is 2.48 bits per heavy atom. The fourth-order valence-electron chi connectivity index (χ4n) is 3.89. The molecule has 0 aliphatic heterocycles. The van der Waals surface area contributed by atoms with Crippen LogP contribution in [0.2, 0.25) is 0 Å². The summed E-state index contributed by atoms with van der Waals surface area (Å²) < 4.78 is 5.54. The summed E-state index contributed by atoms with van der Waals surface area (Å²) in [4.78, 5) is 12.7. The van der Waals surface area contributed by atoms with Crippen molar-refractivity contribution >= 4 is 33.7 Å². The van der Waals surface area contributed by atoms with Gasteiger partial charge in [-0.3, -0.25) is 9.89 Å². The van der Waals surface area contributed by atoms with Gasteiger partial charge in [0.2, 0.25) is 0 Å². The average Bonchev–Trinajstić information content (AvgIpc) is 3.34. The van der Waals surface area contributed by atoms with Crippen molar-refractivity contribution in [1.82, 2.24) is 15.6 Å². The van der Waals surface area contributed by atoms with Crippen LogP contribution in [0.25, 0.3) is 32.8 Å². The molecule has 0 saturated carbocycles.